The number of ether oxygens (including phenoxy) is 3. The van der Waals surface area contributed by atoms with Crippen LogP contribution in [0.25, 0.3) is 0 Å². The quantitative estimate of drug-likeness (QED) is 0.854. The van der Waals surface area contributed by atoms with Crippen molar-refractivity contribution in [2.75, 3.05) is 13.7 Å². The van der Waals surface area contributed by atoms with Gasteiger partial charge < -0.3 is 24.2 Å². The third kappa shape index (κ3) is 1.65. The monoisotopic (exact) mass is 277 g/mol. The highest BCUT2D eigenvalue weighted by Crippen LogP contribution is 2.39. The Morgan fingerprint density at radius 1 is 1.30 bits per heavy atom. The van der Waals surface area contributed by atoms with Gasteiger partial charge in [-0.05, 0) is 24.3 Å². The van der Waals surface area contributed by atoms with E-state index >= 15 is 0 Å². The molecule has 6 nitrogen and oxygen atoms in total. The Morgan fingerprint density at radius 2 is 2.10 bits per heavy atom. The van der Waals surface area contributed by atoms with Crippen molar-refractivity contribution >= 4 is 5.71 Å². The Kier molecular flexibility index (Phi) is 2.70. The maximum absolute atomic E-state index is 10.4. The van der Waals surface area contributed by atoms with Crippen LogP contribution in [-0.4, -0.2) is 49.1 Å². The second kappa shape index (κ2) is 4.44. The van der Waals surface area contributed by atoms with Gasteiger partial charge in [-0.15, -0.1) is 0 Å². The van der Waals surface area contributed by atoms with E-state index in [4.69, 9.17) is 19.0 Å². The molecule has 0 aromatic heterocycles. The number of hydrogen-bond acceptors (Lipinski definition) is 6. The van der Waals surface area contributed by atoms with E-state index in [2.05, 4.69) is 5.16 Å². The highest BCUT2D eigenvalue weighted by Gasteiger charge is 2.56. The molecular formula is C14H15NO5. The molecule has 5 atom stereocenters. The molecule has 20 heavy (non-hydrogen) atoms. The molecule has 2 fully saturated rings. The Hall–Kier alpha value is -1.63. The Balaban J connectivity index is 1.65. The van der Waals surface area contributed by atoms with E-state index in [1.807, 2.05) is 24.3 Å². The molecule has 106 valence electrons. The SMILES string of the molecule is COc1ccc(C2=NO[C@H]3[C@@H]2[C@@H](O)[C@@H]2OC[C@@H]3O2)cc1. The molecule has 3 aliphatic rings. The van der Waals surface area contributed by atoms with Crippen molar-refractivity contribution in [3.8, 4) is 5.75 Å². The molecule has 0 radical (unpaired) electrons. The molecule has 2 bridgehead atoms. The third-order valence-electron chi connectivity index (χ3n) is 4.08. The maximum atomic E-state index is 10.4. The van der Waals surface area contributed by atoms with E-state index in [1.54, 1.807) is 7.11 Å². The van der Waals surface area contributed by atoms with Crippen LogP contribution in [0.5, 0.6) is 5.75 Å². The fourth-order valence-electron chi connectivity index (χ4n) is 3.02. The van der Waals surface area contributed by atoms with Crippen molar-refractivity contribution in [1.29, 1.82) is 0 Å². The van der Waals surface area contributed by atoms with Gasteiger partial charge in [-0.2, -0.15) is 0 Å². The van der Waals surface area contributed by atoms with Crippen molar-refractivity contribution in [3.63, 3.8) is 0 Å². The lowest BCUT2D eigenvalue weighted by Gasteiger charge is -2.32. The standard InChI is InChI=1S/C14H15NO5/c1-17-8-4-2-7(3-5-8)11-10-12(16)14-18-6-9(19-14)13(10)20-15-11/h2-5,9-10,12-14,16H,6H2,1H3/t9-,10-,12+,13+,14+/m0/s1. The largest absolute Gasteiger partial charge is 0.497 e. The molecule has 0 unspecified atom stereocenters. The van der Waals surface area contributed by atoms with E-state index in [9.17, 15) is 5.11 Å². The van der Waals surface area contributed by atoms with Gasteiger partial charge in [-0.1, -0.05) is 5.16 Å². The van der Waals surface area contributed by atoms with Gasteiger partial charge in [-0.3, -0.25) is 0 Å². The van der Waals surface area contributed by atoms with Crippen molar-refractivity contribution in [3.05, 3.63) is 29.8 Å². The summed E-state index contributed by atoms with van der Waals surface area (Å²) in [5.74, 6) is 0.565. The predicted octanol–water partition coefficient (Wildman–Crippen LogP) is 0.530. The second-order valence-electron chi connectivity index (χ2n) is 5.17. The van der Waals surface area contributed by atoms with Crippen LogP contribution in [0.1, 0.15) is 5.56 Å². The van der Waals surface area contributed by atoms with Crippen LogP contribution >= 0.6 is 0 Å². The minimum absolute atomic E-state index is 0.159. The molecule has 1 aromatic rings. The Labute approximate surface area is 115 Å². The number of aliphatic hydroxyl groups is 1. The number of nitrogens with zero attached hydrogens (tertiary/aromatic N) is 1. The van der Waals surface area contributed by atoms with Gasteiger partial charge in [0.05, 0.1) is 25.3 Å². The number of oxime groups is 1. The lowest BCUT2D eigenvalue weighted by atomic mass is 9.84. The van der Waals surface area contributed by atoms with Crippen LogP contribution in [0.3, 0.4) is 0 Å². The number of aliphatic hydroxyl groups excluding tert-OH is 1. The van der Waals surface area contributed by atoms with E-state index in [0.717, 1.165) is 17.0 Å². The zero-order chi connectivity index (χ0) is 13.7. The molecule has 2 saturated heterocycles. The summed E-state index contributed by atoms with van der Waals surface area (Å²) < 4.78 is 16.1. The molecule has 6 heteroatoms. The molecule has 4 rings (SSSR count). The molecule has 0 amide bonds. The normalized spacial score (nSPS) is 38.1. The fourth-order valence-corrected chi connectivity index (χ4v) is 3.02. The molecule has 3 heterocycles. The molecule has 0 spiro atoms. The van der Waals surface area contributed by atoms with Crippen LogP contribution in [0, 0.1) is 5.92 Å². The number of fused-ring (bicyclic) bond motifs is 4. The number of rotatable bonds is 2. The van der Waals surface area contributed by atoms with E-state index in [-0.39, 0.29) is 18.1 Å². The Bertz CT molecular complexity index is 543. The number of methoxy groups -OCH3 is 1. The minimum atomic E-state index is -0.762. The van der Waals surface area contributed by atoms with Gasteiger partial charge in [0.15, 0.2) is 12.4 Å². The van der Waals surface area contributed by atoms with Crippen molar-refractivity contribution in [2.24, 2.45) is 11.1 Å². The smallest absolute Gasteiger partial charge is 0.184 e. The summed E-state index contributed by atoms with van der Waals surface area (Å²) >= 11 is 0. The van der Waals surface area contributed by atoms with E-state index in [0.29, 0.717) is 6.61 Å². The summed E-state index contributed by atoms with van der Waals surface area (Å²) in [5, 5.41) is 14.5. The van der Waals surface area contributed by atoms with Crippen LogP contribution in [0.15, 0.2) is 29.4 Å². The van der Waals surface area contributed by atoms with E-state index in [1.165, 1.54) is 0 Å². The highest BCUT2D eigenvalue weighted by atomic mass is 16.8. The van der Waals surface area contributed by atoms with Crippen molar-refractivity contribution in [1.82, 2.24) is 0 Å². The highest BCUT2D eigenvalue weighted by molar-refractivity contribution is 6.03. The predicted molar refractivity (Wildman–Crippen MR) is 68.5 cm³/mol. The second-order valence-corrected chi connectivity index (χ2v) is 5.17. The van der Waals surface area contributed by atoms with Gasteiger partial charge in [0.25, 0.3) is 0 Å². The minimum Gasteiger partial charge on any atom is -0.497 e. The molecular weight excluding hydrogens is 262 g/mol. The number of benzene rings is 1. The molecule has 0 aliphatic carbocycles. The summed E-state index contributed by atoms with van der Waals surface area (Å²) in [6.45, 7) is 0.439. The van der Waals surface area contributed by atoms with Gasteiger partial charge in [0.2, 0.25) is 0 Å². The van der Waals surface area contributed by atoms with Crippen molar-refractivity contribution < 1.29 is 24.2 Å². The Morgan fingerprint density at radius 3 is 2.85 bits per heavy atom. The zero-order valence-electron chi connectivity index (χ0n) is 10.9. The van der Waals surface area contributed by atoms with Crippen LogP contribution in [0.2, 0.25) is 0 Å². The van der Waals surface area contributed by atoms with E-state index < -0.39 is 12.4 Å². The lowest BCUT2D eigenvalue weighted by Crippen LogP contribution is -2.51. The van der Waals surface area contributed by atoms with Gasteiger partial charge in [0.1, 0.15) is 18.0 Å². The first kappa shape index (κ1) is 12.1. The first-order valence-corrected chi connectivity index (χ1v) is 6.61. The molecule has 0 saturated carbocycles. The summed E-state index contributed by atoms with van der Waals surface area (Å²) in [4.78, 5) is 5.47. The maximum Gasteiger partial charge on any atom is 0.184 e. The topological polar surface area (TPSA) is 69.5 Å². The lowest BCUT2D eigenvalue weighted by molar-refractivity contribution is -0.197. The van der Waals surface area contributed by atoms with Gasteiger partial charge in [-0.25, -0.2) is 0 Å². The van der Waals surface area contributed by atoms with Crippen LogP contribution < -0.4 is 4.74 Å². The molecule has 1 N–H and O–H groups in total. The summed E-state index contributed by atoms with van der Waals surface area (Å²) in [6, 6.07) is 7.55. The van der Waals surface area contributed by atoms with Crippen LogP contribution in [0.4, 0.5) is 0 Å². The zero-order valence-corrected chi connectivity index (χ0v) is 10.9. The first-order valence-electron chi connectivity index (χ1n) is 6.61. The molecule has 3 aliphatic heterocycles. The van der Waals surface area contributed by atoms with Crippen molar-refractivity contribution in [2.45, 2.75) is 24.6 Å². The van der Waals surface area contributed by atoms with Gasteiger partial charge >= 0.3 is 0 Å². The summed E-state index contributed by atoms with van der Waals surface area (Å²) in [5.41, 5.74) is 1.66. The number of hydrogen-bond donors (Lipinski definition) is 1. The van der Waals surface area contributed by atoms with Gasteiger partial charge in [0, 0.05) is 5.56 Å². The third-order valence-corrected chi connectivity index (χ3v) is 4.08. The average Bonchev–Trinajstić information content (AvgIpc) is 3.11. The average molecular weight is 277 g/mol. The summed E-state index contributed by atoms with van der Waals surface area (Å²) in [7, 11) is 1.62. The molecule has 1 aromatic carbocycles. The summed E-state index contributed by atoms with van der Waals surface area (Å²) in [6.07, 6.45) is -1.78. The fraction of sp³-hybridized carbons (Fsp3) is 0.500. The first-order chi connectivity index (χ1) is 9.78. The van der Waals surface area contributed by atoms with Crippen LogP contribution in [-0.2, 0) is 14.3 Å².